The van der Waals surface area contributed by atoms with E-state index in [0.29, 0.717) is 5.75 Å². The lowest BCUT2D eigenvalue weighted by Gasteiger charge is -2.13. The van der Waals surface area contributed by atoms with Gasteiger partial charge in [0, 0.05) is 6.26 Å². The lowest BCUT2D eigenvalue weighted by Crippen LogP contribution is -2.35. The van der Waals surface area contributed by atoms with Crippen LogP contribution in [0, 0.1) is 5.82 Å². The minimum absolute atomic E-state index is 0.0252. The van der Waals surface area contributed by atoms with Crippen molar-refractivity contribution in [1.82, 2.24) is 10.2 Å². The highest BCUT2D eigenvalue weighted by atomic mass is 32.2. The molecular weight excluding hydrogens is 327 g/mol. The van der Waals surface area contributed by atoms with Gasteiger partial charge in [0.2, 0.25) is 0 Å². The smallest absolute Gasteiger partial charge is 0.324 e. The second-order valence-corrected chi connectivity index (χ2v) is 7.47. The summed E-state index contributed by atoms with van der Waals surface area (Å²) in [6, 6.07) is 3.96. The Bertz CT molecular complexity index is 690. The molecule has 1 aromatic carbocycles. The number of nitrogens with one attached hydrogen (secondary N) is 1. The van der Waals surface area contributed by atoms with Crippen LogP contribution in [0.15, 0.2) is 24.3 Å². The zero-order chi connectivity index (χ0) is 17.0. The molecule has 1 atom stereocenters. The molecule has 0 radical (unpaired) electrons. The number of carbonyl (C=O) groups excluding carboxylic acids is 2. The summed E-state index contributed by atoms with van der Waals surface area (Å²) >= 11 is 0. The van der Waals surface area contributed by atoms with Gasteiger partial charge in [0.15, 0.2) is 0 Å². The van der Waals surface area contributed by atoms with E-state index in [-0.39, 0.29) is 31.1 Å². The van der Waals surface area contributed by atoms with E-state index in [1.807, 2.05) is 0 Å². The highest BCUT2D eigenvalue weighted by molar-refractivity contribution is 7.90. The van der Waals surface area contributed by atoms with Crippen molar-refractivity contribution in [1.29, 1.82) is 0 Å². The van der Waals surface area contributed by atoms with Crippen molar-refractivity contribution < 1.29 is 27.1 Å². The average Bonchev–Trinajstić information content (AvgIpc) is 2.74. The molecule has 1 fully saturated rings. The number of hydrogen-bond donors (Lipinski definition) is 1. The van der Waals surface area contributed by atoms with E-state index in [1.165, 1.54) is 24.3 Å². The maximum Gasteiger partial charge on any atom is 0.324 e. The van der Waals surface area contributed by atoms with Gasteiger partial charge in [0.25, 0.3) is 5.91 Å². The zero-order valence-electron chi connectivity index (χ0n) is 12.5. The quantitative estimate of drug-likeness (QED) is 0.730. The first-order valence-corrected chi connectivity index (χ1v) is 9.00. The van der Waals surface area contributed by atoms with Crippen LogP contribution in [0.5, 0.6) is 5.75 Å². The number of sulfone groups is 1. The molecule has 0 saturated carbocycles. The Morgan fingerprint density at radius 2 is 1.91 bits per heavy atom. The molecule has 23 heavy (non-hydrogen) atoms. The highest BCUT2D eigenvalue weighted by Crippen LogP contribution is 2.13. The first kappa shape index (κ1) is 17.2. The summed E-state index contributed by atoms with van der Waals surface area (Å²) in [6.07, 6.45) is 1.11. The number of amides is 3. The SMILES string of the molecule is CS(=O)(=O)CC[C@H]1NC(=O)N(CCOc2ccc(F)cc2)C1=O. The molecule has 1 heterocycles. The van der Waals surface area contributed by atoms with Gasteiger partial charge in [-0.1, -0.05) is 0 Å². The Hall–Kier alpha value is -2.16. The molecule has 1 aliphatic heterocycles. The molecular formula is C14H17FN2O5S. The van der Waals surface area contributed by atoms with Crippen LogP contribution in [0.1, 0.15) is 6.42 Å². The van der Waals surface area contributed by atoms with Gasteiger partial charge < -0.3 is 10.1 Å². The maximum absolute atomic E-state index is 12.8. The Kier molecular flexibility index (Phi) is 5.19. The second-order valence-electron chi connectivity index (χ2n) is 5.21. The van der Waals surface area contributed by atoms with E-state index in [4.69, 9.17) is 4.74 Å². The van der Waals surface area contributed by atoms with Gasteiger partial charge in [0.1, 0.15) is 34.1 Å². The van der Waals surface area contributed by atoms with E-state index in [1.54, 1.807) is 0 Å². The van der Waals surface area contributed by atoms with E-state index in [2.05, 4.69) is 5.32 Å². The molecule has 7 nitrogen and oxygen atoms in total. The summed E-state index contributed by atoms with van der Waals surface area (Å²) in [5.41, 5.74) is 0. The third kappa shape index (κ3) is 4.92. The molecule has 126 valence electrons. The summed E-state index contributed by atoms with van der Waals surface area (Å²) in [4.78, 5) is 24.8. The summed E-state index contributed by atoms with van der Waals surface area (Å²) in [5.74, 6) is -0.613. The fourth-order valence-corrected chi connectivity index (χ4v) is 2.77. The molecule has 1 aliphatic rings. The van der Waals surface area contributed by atoms with Crippen LogP contribution in [0.3, 0.4) is 0 Å². The molecule has 1 saturated heterocycles. The van der Waals surface area contributed by atoms with Gasteiger partial charge in [-0.2, -0.15) is 0 Å². The minimum Gasteiger partial charge on any atom is -0.492 e. The number of carbonyl (C=O) groups is 2. The number of benzene rings is 1. The Morgan fingerprint density at radius 3 is 2.52 bits per heavy atom. The lowest BCUT2D eigenvalue weighted by molar-refractivity contribution is -0.127. The monoisotopic (exact) mass is 344 g/mol. The van der Waals surface area contributed by atoms with Crippen LogP contribution in [0.4, 0.5) is 9.18 Å². The number of halogens is 1. The zero-order valence-corrected chi connectivity index (χ0v) is 13.3. The fourth-order valence-electron chi connectivity index (χ4n) is 2.10. The van der Waals surface area contributed by atoms with Crippen molar-refractivity contribution in [2.45, 2.75) is 12.5 Å². The van der Waals surface area contributed by atoms with Crippen molar-refractivity contribution in [3.05, 3.63) is 30.1 Å². The third-order valence-electron chi connectivity index (χ3n) is 3.28. The molecule has 1 aromatic rings. The highest BCUT2D eigenvalue weighted by Gasteiger charge is 2.37. The maximum atomic E-state index is 12.8. The molecule has 1 N–H and O–H groups in total. The Balaban J connectivity index is 1.84. The van der Waals surface area contributed by atoms with Gasteiger partial charge in [0.05, 0.1) is 12.3 Å². The van der Waals surface area contributed by atoms with Crippen molar-refractivity contribution in [2.24, 2.45) is 0 Å². The molecule has 9 heteroatoms. The van der Waals surface area contributed by atoms with E-state index in [0.717, 1.165) is 11.2 Å². The standard InChI is InChI=1S/C14H17FN2O5S/c1-23(20,21)9-6-12-13(18)17(14(19)16-12)7-8-22-11-4-2-10(15)3-5-11/h2-5,12H,6-9H2,1H3,(H,16,19)/t12-/m1/s1. The van der Waals surface area contributed by atoms with Gasteiger partial charge in [-0.25, -0.2) is 17.6 Å². The van der Waals surface area contributed by atoms with Crippen molar-refractivity contribution >= 4 is 21.8 Å². The van der Waals surface area contributed by atoms with E-state index in [9.17, 15) is 22.4 Å². The van der Waals surface area contributed by atoms with Crippen molar-refractivity contribution in [3.8, 4) is 5.75 Å². The van der Waals surface area contributed by atoms with E-state index >= 15 is 0 Å². The van der Waals surface area contributed by atoms with Gasteiger partial charge >= 0.3 is 6.03 Å². The summed E-state index contributed by atoms with van der Waals surface area (Å²) in [7, 11) is -3.20. The number of ether oxygens (including phenoxy) is 1. The Labute approximate surface area is 133 Å². The normalized spacial score (nSPS) is 18.2. The van der Waals surface area contributed by atoms with Gasteiger partial charge in [-0.3, -0.25) is 9.69 Å². The summed E-state index contributed by atoms with van der Waals surface area (Å²) in [6.45, 7) is 0.0843. The first-order valence-electron chi connectivity index (χ1n) is 6.94. The van der Waals surface area contributed by atoms with Gasteiger partial charge in [-0.05, 0) is 30.7 Å². The molecule has 0 bridgehead atoms. The third-order valence-corrected chi connectivity index (χ3v) is 4.26. The van der Waals surface area contributed by atoms with Gasteiger partial charge in [-0.15, -0.1) is 0 Å². The average molecular weight is 344 g/mol. The van der Waals surface area contributed by atoms with Crippen LogP contribution >= 0.6 is 0 Å². The molecule has 0 spiro atoms. The number of imide groups is 1. The van der Waals surface area contributed by atoms with Crippen LogP contribution in [0.2, 0.25) is 0 Å². The number of hydrogen-bond acceptors (Lipinski definition) is 5. The Morgan fingerprint density at radius 1 is 1.26 bits per heavy atom. The van der Waals surface area contributed by atoms with Crippen LogP contribution in [0.25, 0.3) is 0 Å². The first-order chi connectivity index (χ1) is 10.8. The predicted octanol–water partition coefficient (Wildman–Crippen LogP) is 0.560. The minimum atomic E-state index is -3.20. The second kappa shape index (κ2) is 6.95. The molecule has 2 rings (SSSR count). The molecule has 0 unspecified atom stereocenters. The summed E-state index contributed by atoms with van der Waals surface area (Å²) in [5, 5.41) is 2.45. The van der Waals surface area contributed by atoms with Crippen LogP contribution in [-0.4, -0.2) is 56.5 Å². The van der Waals surface area contributed by atoms with Crippen molar-refractivity contribution in [2.75, 3.05) is 25.2 Å². The lowest BCUT2D eigenvalue weighted by atomic mass is 10.2. The van der Waals surface area contributed by atoms with Crippen LogP contribution < -0.4 is 10.1 Å². The number of urea groups is 1. The molecule has 3 amide bonds. The van der Waals surface area contributed by atoms with E-state index < -0.39 is 27.8 Å². The fraction of sp³-hybridized carbons (Fsp3) is 0.429. The number of rotatable bonds is 7. The number of nitrogens with zero attached hydrogens (tertiary/aromatic N) is 1. The van der Waals surface area contributed by atoms with Crippen LogP contribution in [-0.2, 0) is 14.6 Å². The topological polar surface area (TPSA) is 92.8 Å². The van der Waals surface area contributed by atoms with Crippen molar-refractivity contribution in [3.63, 3.8) is 0 Å². The summed E-state index contributed by atoms with van der Waals surface area (Å²) < 4.78 is 40.3. The molecule has 0 aromatic heterocycles. The molecule has 0 aliphatic carbocycles. The predicted molar refractivity (Wildman–Crippen MR) is 80.3 cm³/mol. The largest absolute Gasteiger partial charge is 0.492 e.